The molecule has 2 aliphatic rings. The summed E-state index contributed by atoms with van der Waals surface area (Å²) in [4.78, 5) is 16.5. The fourth-order valence-corrected chi connectivity index (χ4v) is 8.74. The Kier molecular flexibility index (Phi) is 10.3. The van der Waals surface area contributed by atoms with Crippen LogP contribution < -0.4 is 14.4 Å². The summed E-state index contributed by atoms with van der Waals surface area (Å²) in [5.74, 6) is 1.71. The van der Waals surface area contributed by atoms with Gasteiger partial charge in [-0.2, -0.15) is 9.29 Å². The molecule has 2 aliphatic heterocycles. The van der Waals surface area contributed by atoms with Gasteiger partial charge in [0.15, 0.2) is 0 Å². The molecule has 10 nitrogen and oxygen atoms in total. The molecule has 0 radical (unpaired) electrons. The molecule has 0 amide bonds. The maximum absolute atomic E-state index is 13.7. The zero-order chi connectivity index (χ0) is 32.2. The Morgan fingerprint density at radius 2 is 1.69 bits per heavy atom. The predicted octanol–water partition coefficient (Wildman–Crippen LogP) is 4.32. The molecular weight excluding hydrogens is 588 g/mol. The third kappa shape index (κ3) is 7.27. The van der Waals surface area contributed by atoms with E-state index < -0.39 is 10.0 Å². The average molecular weight is 637 g/mol. The van der Waals surface area contributed by atoms with Crippen LogP contribution in [0.4, 0.5) is 5.95 Å². The van der Waals surface area contributed by atoms with E-state index in [9.17, 15) is 8.42 Å². The van der Waals surface area contributed by atoms with Crippen LogP contribution >= 0.6 is 0 Å². The van der Waals surface area contributed by atoms with Crippen LogP contribution in [-0.4, -0.2) is 106 Å². The summed E-state index contributed by atoms with van der Waals surface area (Å²) in [5, 5.41) is 0. The van der Waals surface area contributed by atoms with Crippen LogP contribution in [0.3, 0.4) is 0 Å². The smallest absolute Gasteiger partial charge is 0.243 e. The number of hydrogen-bond acceptors (Lipinski definition) is 9. The van der Waals surface area contributed by atoms with Crippen molar-refractivity contribution in [1.29, 1.82) is 0 Å². The minimum atomic E-state index is -3.69. The molecule has 1 aromatic heterocycles. The summed E-state index contributed by atoms with van der Waals surface area (Å²) >= 11 is 0. The Labute approximate surface area is 269 Å². The van der Waals surface area contributed by atoms with Gasteiger partial charge in [0.1, 0.15) is 11.9 Å². The van der Waals surface area contributed by atoms with Crippen LogP contribution in [0, 0.1) is 13.8 Å². The largest absolute Gasteiger partial charge is 0.497 e. The van der Waals surface area contributed by atoms with Gasteiger partial charge in [-0.1, -0.05) is 30.3 Å². The van der Waals surface area contributed by atoms with Crippen molar-refractivity contribution in [1.82, 2.24) is 24.1 Å². The standard InChI is InChI=1S/C34H48N6O4S/c1-26-23-30(43-6)24-27(2)32(26)45(41,42)40-18-10-13-29(25-40)44-31-14-17-35-33(36-31)38(5)21-22-39-19-15-34(16-20-39,37(3)4)28-11-8-7-9-12-28/h7-9,11-12,14,17,23-24,29H,10,13,15-16,18-22,25H2,1-6H3. The first kappa shape index (κ1) is 33.1. The molecule has 3 aromatic rings. The first-order chi connectivity index (χ1) is 21.5. The summed E-state index contributed by atoms with van der Waals surface area (Å²) < 4.78 is 40.5. The Bertz CT molecular complexity index is 1520. The van der Waals surface area contributed by atoms with Gasteiger partial charge in [-0.05, 0) is 82.4 Å². The van der Waals surface area contributed by atoms with Crippen LogP contribution in [0.15, 0.2) is 59.6 Å². The van der Waals surface area contributed by atoms with Gasteiger partial charge in [0.25, 0.3) is 0 Å². The number of aromatic nitrogens is 2. The third-order valence-corrected chi connectivity index (χ3v) is 11.6. The number of likely N-dealkylation sites (N-methyl/N-ethyl adjacent to an activating group) is 1. The molecular formula is C34H48N6O4S. The summed E-state index contributed by atoms with van der Waals surface area (Å²) in [6.45, 7) is 8.13. The molecule has 0 spiro atoms. The summed E-state index contributed by atoms with van der Waals surface area (Å²) in [6.07, 6.45) is 5.05. The van der Waals surface area contributed by atoms with E-state index in [1.807, 2.05) is 20.9 Å². The van der Waals surface area contributed by atoms with Gasteiger partial charge in [0, 0.05) is 57.6 Å². The van der Waals surface area contributed by atoms with Gasteiger partial charge in [0.05, 0.1) is 18.6 Å². The number of hydrogen-bond donors (Lipinski definition) is 0. The molecule has 0 saturated carbocycles. The maximum atomic E-state index is 13.7. The van der Waals surface area contributed by atoms with E-state index in [2.05, 4.69) is 64.1 Å². The number of likely N-dealkylation sites (tertiary alicyclic amines) is 1. The van der Waals surface area contributed by atoms with Crippen LogP contribution in [0.5, 0.6) is 11.6 Å². The fraction of sp³-hybridized carbons (Fsp3) is 0.529. The number of sulfonamides is 1. The summed E-state index contributed by atoms with van der Waals surface area (Å²) in [5.41, 5.74) is 2.81. The van der Waals surface area contributed by atoms with Crippen molar-refractivity contribution in [2.45, 2.75) is 56.1 Å². The van der Waals surface area contributed by atoms with Gasteiger partial charge in [-0.25, -0.2) is 13.4 Å². The highest BCUT2D eigenvalue weighted by Crippen LogP contribution is 2.37. The second kappa shape index (κ2) is 14.0. The van der Waals surface area contributed by atoms with Gasteiger partial charge < -0.3 is 19.3 Å². The molecule has 0 N–H and O–H groups in total. The molecule has 0 aliphatic carbocycles. The zero-order valence-corrected chi connectivity index (χ0v) is 28.4. The number of rotatable bonds is 11. The van der Waals surface area contributed by atoms with E-state index in [0.717, 1.165) is 45.4 Å². The first-order valence-corrected chi connectivity index (χ1v) is 17.3. The Balaban J connectivity index is 1.17. The molecule has 3 heterocycles. The van der Waals surface area contributed by atoms with Crippen LogP contribution in [-0.2, 0) is 15.6 Å². The third-order valence-electron chi connectivity index (χ3n) is 9.46. The second-order valence-electron chi connectivity index (χ2n) is 12.6. The molecule has 1 unspecified atom stereocenters. The van der Waals surface area contributed by atoms with E-state index in [4.69, 9.17) is 14.5 Å². The van der Waals surface area contributed by atoms with E-state index in [1.54, 1.807) is 35.8 Å². The minimum Gasteiger partial charge on any atom is -0.497 e. The van der Waals surface area contributed by atoms with E-state index in [-0.39, 0.29) is 18.2 Å². The number of methoxy groups -OCH3 is 1. The zero-order valence-electron chi connectivity index (χ0n) is 27.6. The van der Waals surface area contributed by atoms with Gasteiger partial charge in [-0.3, -0.25) is 4.90 Å². The number of aryl methyl sites for hydroxylation is 2. The number of anilines is 1. The SMILES string of the molecule is COc1cc(C)c(S(=O)(=O)N2CCCC(Oc3ccnc(N(C)CCN4CCC(c5ccccc5)(N(C)C)CC4)n3)C2)c(C)c1. The molecule has 45 heavy (non-hydrogen) atoms. The summed E-state index contributed by atoms with van der Waals surface area (Å²) in [6, 6.07) is 16.1. The second-order valence-corrected chi connectivity index (χ2v) is 14.5. The number of ether oxygens (including phenoxy) is 2. The van der Waals surface area contributed by atoms with Gasteiger partial charge in [-0.15, -0.1) is 0 Å². The lowest BCUT2D eigenvalue weighted by molar-refractivity contribution is 0.0550. The van der Waals surface area contributed by atoms with Crippen LogP contribution in [0.1, 0.15) is 42.4 Å². The number of nitrogens with zero attached hydrogens (tertiary/aromatic N) is 6. The fourth-order valence-electron chi connectivity index (χ4n) is 6.82. The highest BCUT2D eigenvalue weighted by molar-refractivity contribution is 7.89. The Morgan fingerprint density at radius 1 is 1.00 bits per heavy atom. The van der Waals surface area contributed by atoms with Crippen molar-refractivity contribution >= 4 is 16.0 Å². The summed E-state index contributed by atoms with van der Waals surface area (Å²) in [7, 11) is 4.28. The van der Waals surface area contributed by atoms with Crippen molar-refractivity contribution in [3.8, 4) is 11.6 Å². The number of benzene rings is 2. The molecule has 5 rings (SSSR count). The van der Waals surface area contributed by atoms with E-state index in [1.165, 1.54) is 5.56 Å². The minimum absolute atomic E-state index is 0.0682. The maximum Gasteiger partial charge on any atom is 0.243 e. The first-order valence-electron chi connectivity index (χ1n) is 15.8. The van der Waals surface area contributed by atoms with Crippen molar-refractivity contribution in [3.63, 3.8) is 0 Å². The molecule has 2 saturated heterocycles. The molecule has 244 valence electrons. The van der Waals surface area contributed by atoms with Crippen molar-refractivity contribution < 1.29 is 17.9 Å². The molecule has 2 fully saturated rings. The van der Waals surface area contributed by atoms with Gasteiger partial charge >= 0.3 is 0 Å². The van der Waals surface area contributed by atoms with Crippen LogP contribution in [0.25, 0.3) is 0 Å². The topological polar surface area (TPSA) is 91.3 Å². The van der Waals surface area contributed by atoms with Gasteiger partial charge in [0.2, 0.25) is 21.9 Å². The van der Waals surface area contributed by atoms with E-state index in [0.29, 0.717) is 46.6 Å². The lowest BCUT2D eigenvalue weighted by Gasteiger charge is -2.47. The average Bonchev–Trinajstić information content (AvgIpc) is 3.04. The Hall–Kier alpha value is -3.25. The van der Waals surface area contributed by atoms with Crippen molar-refractivity contribution in [3.05, 3.63) is 71.4 Å². The monoisotopic (exact) mass is 636 g/mol. The van der Waals surface area contributed by atoms with Crippen molar-refractivity contribution in [2.24, 2.45) is 0 Å². The molecule has 1 atom stereocenters. The van der Waals surface area contributed by atoms with E-state index >= 15 is 0 Å². The normalized spacial score (nSPS) is 19.4. The Morgan fingerprint density at radius 3 is 2.33 bits per heavy atom. The number of piperidine rings is 2. The molecule has 0 bridgehead atoms. The lowest BCUT2D eigenvalue weighted by Crippen LogP contribution is -2.51. The highest BCUT2D eigenvalue weighted by Gasteiger charge is 2.38. The quantitative estimate of drug-likeness (QED) is 0.305. The van der Waals surface area contributed by atoms with Crippen LogP contribution in [0.2, 0.25) is 0 Å². The highest BCUT2D eigenvalue weighted by atomic mass is 32.2. The predicted molar refractivity (Wildman–Crippen MR) is 178 cm³/mol. The lowest BCUT2D eigenvalue weighted by atomic mass is 9.80. The van der Waals surface area contributed by atoms with Crippen molar-refractivity contribution in [2.75, 3.05) is 72.4 Å². The molecule has 11 heteroatoms. The molecule has 2 aromatic carbocycles.